The Kier molecular flexibility index (Phi) is 7.60. The number of fused-ring (bicyclic) bond motifs is 1. The standard InChI is InChI=1S/C20H30N4OS/c1-5-21-20(26)24(11-10-23(6-2)7-3)14-17-13-16-12-15(4)8-9-18(16)22-19(17)25/h8-9,12-13H,5-7,10-11,14H2,1-4H3,(H,21,26)(H,22,25)/p+1. The minimum atomic E-state index is -0.0409. The number of thiocarbonyl (C=S) groups is 1. The Hall–Kier alpha value is -1.92. The number of nitrogens with zero attached hydrogens (tertiary/aromatic N) is 1. The normalized spacial score (nSPS) is 11.1. The van der Waals surface area contributed by atoms with E-state index in [1.807, 2.05) is 25.1 Å². The van der Waals surface area contributed by atoms with Gasteiger partial charge >= 0.3 is 0 Å². The lowest BCUT2D eigenvalue weighted by atomic mass is 10.1. The zero-order chi connectivity index (χ0) is 19.1. The summed E-state index contributed by atoms with van der Waals surface area (Å²) >= 11 is 5.55. The molecule has 6 heteroatoms. The number of aromatic amines is 1. The number of hydrogen-bond donors (Lipinski definition) is 3. The molecule has 0 aliphatic rings. The van der Waals surface area contributed by atoms with Crippen molar-refractivity contribution in [1.82, 2.24) is 15.2 Å². The molecule has 0 saturated carbocycles. The molecule has 0 atom stereocenters. The summed E-state index contributed by atoms with van der Waals surface area (Å²) in [5, 5.41) is 5.00. The topological polar surface area (TPSA) is 52.6 Å². The minimum Gasteiger partial charge on any atom is -0.363 e. The van der Waals surface area contributed by atoms with Crippen LogP contribution in [0.25, 0.3) is 10.9 Å². The van der Waals surface area contributed by atoms with E-state index in [1.165, 1.54) is 10.5 Å². The predicted molar refractivity (Wildman–Crippen MR) is 113 cm³/mol. The highest BCUT2D eigenvalue weighted by atomic mass is 32.1. The number of benzene rings is 1. The Labute approximate surface area is 161 Å². The van der Waals surface area contributed by atoms with Crippen molar-refractivity contribution in [1.29, 1.82) is 0 Å². The number of aryl methyl sites for hydroxylation is 1. The van der Waals surface area contributed by atoms with Gasteiger partial charge in [-0.1, -0.05) is 11.6 Å². The molecule has 0 spiro atoms. The van der Waals surface area contributed by atoms with Crippen LogP contribution in [0.4, 0.5) is 0 Å². The summed E-state index contributed by atoms with van der Waals surface area (Å²) in [6.45, 7) is 13.8. The summed E-state index contributed by atoms with van der Waals surface area (Å²) in [6.07, 6.45) is 0. The molecule has 1 aromatic carbocycles. The second-order valence-electron chi connectivity index (χ2n) is 6.68. The smallest absolute Gasteiger partial charge is 0.253 e. The highest BCUT2D eigenvalue weighted by Crippen LogP contribution is 2.14. The Morgan fingerprint density at radius 3 is 2.62 bits per heavy atom. The predicted octanol–water partition coefficient (Wildman–Crippen LogP) is 1.46. The van der Waals surface area contributed by atoms with Crippen LogP contribution in [0.2, 0.25) is 0 Å². The third-order valence-electron chi connectivity index (χ3n) is 4.79. The van der Waals surface area contributed by atoms with Gasteiger partial charge in [0.05, 0.1) is 32.7 Å². The van der Waals surface area contributed by atoms with Gasteiger partial charge in [-0.3, -0.25) is 4.79 Å². The Morgan fingerprint density at radius 2 is 1.96 bits per heavy atom. The highest BCUT2D eigenvalue weighted by Gasteiger charge is 2.15. The van der Waals surface area contributed by atoms with Crippen LogP contribution < -0.4 is 15.8 Å². The molecule has 0 fully saturated rings. The van der Waals surface area contributed by atoms with Gasteiger partial charge in [-0.2, -0.15) is 0 Å². The second kappa shape index (κ2) is 9.69. The summed E-state index contributed by atoms with van der Waals surface area (Å²) in [4.78, 5) is 19.2. The molecule has 0 bridgehead atoms. The van der Waals surface area contributed by atoms with Gasteiger partial charge in [0.2, 0.25) is 0 Å². The highest BCUT2D eigenvalue weighted by molar-refractivity contribution is 7.80. The molecule has 3 N–H and O–H groups in total. The molecule has 0 saturated heterocycles. The monoisotopic (exact) mass is 375 g/mol. The summed E-state index contributed by atoms with van der Waals surface area (Å²) in [5.41, 5.74) is 2.76. The van der Waals surface area contributed by atoms with Crippen molar-refractivity contribution in [2.45, 2.75) is 34.2 Å². The average molecular weight is 376 g/mol. The number of hydrogen-bond acceptors (Lipinski definition) is 2. The van der Waals surface area contributed by atoms with E-state index in [4.69, 9.17) is 12.2 Å². The van der Waals surface area contributed by atoms with E-state index in [0.717, 1.165) is 49.2 Å². The number of nitrogens with one attached hydrogen (secondary N) is 3. The number of rotatable bonds is 8. The molecule has 0 aliphatic heterocycles. The molecular weight excluding hydrogens is 344 g/mol. The Morgan fingerprint density at radius 1 is 1.23 bits per heavy atom. The van der Waals surface area contributed by atoms with Crippen molar-refractivity contribution in [3.63, 3.8) is 0 Å². The van der Waals surface area contributed by atoms with E-state index in [2.05, 4.69) is 42.0 Å². The van der Waals surface area contributed by atoms with Gasteiger partial charge in [0.1, 0.15) is 0 Å². The molecule has 142 valence electrons. The van der Waals surface area contributed by atoms with Crippen molar-refractivity contribution in [3.8, 4) is 0 Å². The van der Waals surface area contributed by atoms with Gasteiger partial charge in [0.15, 0.2) is 5.11 Å². The molecule has 26 heavy (non-hydrogen) atoms. The SMILES string of the molecule is CCNC(=S)N(CC[NH+](CC)CC)Cc1cc2cc(C)ccc2[nH]c1=O. The lowest BCUT2D eigenvalue weighted by Gasteiger charge is -2.27. The lowest BCUT2D eigenvalue weighted by molar-refractivity contribution is -0.895. The fourth-order valence-corrected chi connectivity index (χ4v) is 3.41. The van der Waals surface area contributed by atoms with E-state index < -0.39 is 0 Å². The number of aromatic nitrogens is 1. The Balaban J connectivity index is 2.25. The maximum absolute atomic E-state index is 12.5. The van der Waals surface area contributed by atoms with Gasteiger partial charge in [0.25, 0.3) is 5.56 Å². The molecule has 2 aromatic rings. The van der Waals surface area contributed by atoms with Crippen LogP contribution in [0.5, 0.6) is 0 Å². The molecule has 1 aromatic heterocycles. The number of H-pyrrole nitrogens is 1. The van der Waals surface area contributed by atoms with Gasteiger partial charge in [0, 0.05) is 17.6 Å². The van der Waals surface area contributed by atoms with E-state index in [0.29, 0.717) is 11.7 Å². The lowest BCUT2D eigenvalue weighted by Crippen LogP contribution is -3.12. The van der Waals surface area contributed by atoms with Crippen LogP contribution in [0, 0.1) is 6.92 Å². The van der Waals surface area contributed by atoms with Crippen molar-refractivity contribution in [2.24, 2.45) is 0 Å². The summed E-state index contributed by atoms with van der Waals surface area (Å²) in [5.74, 6) is 0. The molecular formula is C20H31N4OS+. The second-order valence-corrected chi connectivity index (χ2v) is 7.07. The molecule has 5 nitrogen and oxygen atoms in total. The van der Waals surface area contributed by atoms with Crippen LogP contribution in [-0.2, 0) is 6.54 Å². The molecule has 0 unspecified atom stereocenters. The molecule has 2 rings (SSSR count). The quantitative estimate of drug-likeness (QED) is 0.612. The fraction of sp³-hybridized carbons (Fsp3) is 0.500. The average Bonchev–Trinajstić information content (AvgIpc) is 2.62. The molecule has 0 radical (unpaired) electrons. The maximum Gasteiger partial charge on any atom is 0.253 e. The number of likely N-dealkylation sites (N-methyl/N-ethyl adjacent to an activating group) is 1. The van der Waals surface area contributed by atoms with Gasteiger partial charge in [-0.05, 0) is 63.5 Å². The third kappa shape index (κ3) is 5.29. The van der Waals surface area contributed by atoms with E-state index in [-0.39, 0.29) is 5.56 Å². The van der Waals surface area contributed by atoms with Crippen molar-refractivity contribution >= 4 is 28.2 Å². The van der Waals surface area contributed by atoms with Crippen LogP contribution in [0.1, 0.15) is 31.9 Å². The summed E-state index contributed by atoms with van der Waals surface area (Å²) in [7, 11) is 0. The Bertz CT molecular complexity index is 798. The fourth-order valence-electron chi connectivity index (χ4n) is 3.11. The zero-order valence-corrected chi connectivity index (χ0v) is 17.1. The molecule has 0 aliphatic carbocycles. The van der Waals surface area contributed by atoms with Crippen molar-refractivity contribution in [3.05, 3.63) is 45.7 Å². The van der Waals surface area contributed by atoms with Gasteiger partial charge in [-0.15, -0.1) is 0 Å². The molecule has 1 heterocycles. The third-order valence-corrected chi connectivity index (χ3v) is 5.19. The van der Waals surface area contributed by atoms with E-state index in [9.17, 15) is 4.79 Å². The number of quaternary nitrogens is 1. The first kappa shape index (κ1) is 20.4. The zero-order valence-electron chi connectivity index (χ0n) is 16.3. The van der Waals surface area contributed by atoms with Crippen LogP contribution in [0.15, 0.2) is 29.1 Å². The van der Waals surface area contributed by atoms with Crippen molar-refractivity contribution < 1.29 is 4.90 Å². The minimum absolute atomic E-state index is 0.0409. The van der Waals surface area contributed by atoms with Gasteiger partial charge < -0.3 is 20.1 Å². The first-order valence-electron chi connectivity index (χ1n) is 9.47. The van der Waals surface area contributed by atoms with Gasteiger partial charge in [-0.25, -0.2) is 0 Å². The first-order valence-corrected chi connectivity index (χ1v) is 9.88. The van der Waals surface area contributed by atoms with Crippen molar-refractivity contribution in [2.75, 3.05) is 32.7 Å². The van der Waals surface area contributed by atoms with Crippen LogP contribution >= 0.6 is 12.2 Å². The number of pyridine rings is 1. The van der Waals surface area contributed by atoms with E-state index >= 15 is 0 Å². The van der Waals surface area contributed by atoms with Crippen LogP contribution in [0.3, 0.4) is 0 Å². The first-order chi connectivity index (χ1) is 12.5. The van der Waals surface area contributed by atoms with Crippen LogP contribution in [-0.4, -0.2) is 47.7 Å². The van der Waals surface area contributed by atoms with E-state index in [1.54, 1.807) is 0 Å². The summed E-state index contributed by atoms with van der Waals surface area (Å²) in [6, 6.07) is 8.06. The summed E-state index contributed by atoms with van der Waals surface area (Å²) < 4.78 is 0. The largest absolute Gasteiger partial charge is 0.363 e. The molecule has 0 amide bonds. The maximum atomic E-state index is 12.5.